The van der Waals surface area contributed by atoms with Gasteiger partial charge in [-0.05, 0) is 29.7 Å². The second-order valence-corrected chi connectivity index (χ2v) is 9.33. The zero-order valence-electron chi connectivity index (χ0n) is 19.0. The number of aryl methyl sites for hydroxylation is 1. The topological polar surface area (TPSA) is 140 Å². The number of benzene rings is 2. The van der Waals surface area contributed by atoms with Gasteiger partial charge in [0.2, 0.25) is 30.4 Å². The lowest BCUT2D eigenvalue weighted by molar-refractivity contribution is -0.143. The Hall–Kier alpha value is -3.92. The molecular weight excluding hydrogens is 452 g/mol. The van der Waals surface area contributed by atoms with E-state index in [1.54, 1.807) is 24.3 Å². The summed E-state index contributed by atoms with van der Waals surface area (Å²) in [6.45, 7) is 2.11. The first kappa shape index (κ1) is 21.6. The number of carbonyl (C=O) groups excluding carboxylic acids is 4. The Morgan fingerprint density at radius 1 is 1.14 bits per heavy atom. The molecule has 1 spiro atoms. The van der Waals surface area contributed by atoms with Crippen molar-refractivity contribution >= 4 is 29.3 Å². The van der Waals surface area contributed by atoms with Crippen molar-refractivity contribution in [3.63, 3.8) is 0 Å². The molecule has 4 amide bonds. The maximum atomic E-state index is 13.9. The van der Waals surface area contributed by atoms with Crippen molar-refractivity contribution < 1.29 is 28.7 Å². The average Bonchev–Trinajstić information content (AvgIpc) is 3.55. The Kier molecular flexibility index (Phi) is 4.65. The molecule has 0 aromatic heterocycles. The lowest BCUT2D eigenvalue weighted by atomic mass is 9.76. The smallest absolute Gasteiger partial charge is 0.250 e. The van der Waals surface area contributed by atoms with Gasteiger partial charge in [0.1, 0.15) is 5.54 Å². The maximum Gasteiger partial charge on any atom is 0.250 e. The summed E-state index contributed by atoms with van der Waals surface area (Å²) in [5, 5.41) is 6.15. The Morgan fingerprint density at radius 2 is 1.94 bits per heavy atom. The zero-order chi connectivity index (χ0) is 24.5. The molecule has 0 saturated carbocycles. The molecule has 4 atom stereocenters. The molecule has 4 unspecified atom stereocenters. The van der Waals surface area contributed by atoms with Crippen LogP contribution in [-0.2, 0) is 37.7 Å². The van der Waals surface area contributed by atoms with Gasteiger partial charge in [-0.1, -0.05) is 31.2 Å². The van der Waals surface area contributed by atoms with E-state index in [0.717, 1.165) is 5.56 Å². The average molecular weight is 476 g/mol. The van der Waals surface area contributed by atoms with Crippen LogP contribution in [0, 0.1) is 11.8 Å². The number of rotatable bonds is 5. The van der Waals surface area contributed by atoms with Crippen molar-refractivity contribution in [2.75, 3.05) is 12.1 Å². The number of para-hydroxylation sites is 1. The van der Waals surface area contributed by atoms with Gasteiger partial charge < -0.3 is 20.5 Å². The molecule has 10 nitrogen and oxygen atoms in total. The molecule has 4 aliphatic rings. The molecule has 2 aromatic rings. The fourth-order valence-electron chi connectivity index (χ4n) is 6.01. The quantitative estimate of drug-likeness (QED) is 0.542. The van der Waals surface area contributed by atoms with Crippen LogP contribution >= 0.6 is 0 Å². The van der Waals surface area contributed by atoms with E-state index in [0.29, 0.717) is 34.7 Å². The van der Waals surface area contributed by atoms with Crippen molar-refractivity contribution in [3.8, 4) is 11.5 Å². The van der Waals surface area contributed by atoms with Crippen molar-refractivity contribution in [2.24, 2.45) is 17.6 Å². The molecule has 35 heavy (non-hydrogen) atoms. The van der Waals surface area contributed by atoms with E-state index in [2.05, 4.69) is 10.6 Å². The minimum absolute atomic E-state index is 0.0180. The van der Waals surface area contributed by atoms with E-state index in [4.69, 9.17) is 15.2 Å². The van der Waals surface area contributed by atoms with Crippen LogP contribution < -0.4 is 25.8 Å². The number of amides is 4. The number of hydrogen-bond donors (Lipinski definition) is 3. The molecule has 4 heterocycles. The summed E-state index contributed by atoms with van der Waals surface area (Å²) in [4.78, 5) is 54.1. The third kappa shape index (κ3) is 2.92. The first-order valence-electron chi connectivity index (χ1n) is 11.6. The third-order valence-corrected chi connectivity index (χ3v) is 7.51. The second-order valence-electron chi connectivity index (χ2n) is 9.33. The maximum absolute atomic E-state index is 13.9. The molecule has 2 fully saturated rings. The predicted octanol–water partition coefficient (Wildman–Crippen LogP) is 0.774. The minimum Gasteiger partial charge on any atom is -0.454 e. The normalized spacial score (nSPS) is 28.0. The number of nitrogens with one attached hydrogen (secondary N) is 2. The highest BCUT2D eigenvalue weighted by atomic mass is 16.7. The molecule has 180 valence electrons. The van der Waals surface area contributed by atoms with Crippen LogP contribution in [0.5, 0.6) is 11.5 Å². The molecule has 2 aromatic carbocycles. The number of anilines is 1. The van der Waals surface area contributed by atoms with Crippen LogP contribution in [0.2, 0.25) is 0 Å². The van der Waals surface area contributed by atoms with Gasteiger partial charge in [0.15, 0.2) is 11.5 Å². The van der Waals surface area contributed by atoms with Crippen molar-refractivity contribution in [1.82, 2.24) is 10.2 Å². The van der Waals surface area contributed by atoms with Crippen LogP contribution in [0.1, 0.15) is 30.0 Å². The molecule has 0 bridgehead atoms. The van der Waals surface area contributed by atoms with Gasteiger partial charge in [0.25, 0.3) is 0 Å². The number of imide groups is 1. The Labute approximate surface area is 200 Å². The van der Waals surface area contributed by atoms with Gasteiger partial charge in [-0.3, -0.25) is 29.4 Å². The van der Waals surface area contributed by atoms with Crippen LogP contribution in [0.4, 0.5) is 5.69 Å². The van der Waals surface area contributed by atoms with Crippen molar-refractivity contribution in [1.29, 1.82) is 0 Å². The van der Waals surface area contributed by atoms with E-state index in [-0.39, 0.29) is 19.8 Å². The minimum atomic E-state index is -1.46. The monoisotopic (exact) mass is 476 g/mol. The molecule has 4 N–H and O–H groups in total. The van der Waals surface area contributed by atoms with Crippen LogP contribution in [-0.4, -0.2) is 41.4 Å². The van der Waals surface area contributed by atoms with Crippen LogP contribution in [0.3, 0.4) is 0 Å². The van der Waals surface area contributed by atoms with Gasteiger partial charge in [-0.25, -0.2) is 0 Å². The van der Waals surface area contributed by atoms with Gasteiger partial charge >= 0.3 is 0 Å². The van der Waals surface area contributed by atoms with Crippen LogP contribution in [0.15, 0.2) is 36.4 Å². The molecule has 0 aliphatic carbocycles. The third-order valence-electron chi connectivity index (χ3n) is 7.51. The summed E-state index contributed by atoms with van der Waals surface area (Å²) in [5.74, 6) is -2.66. The molecule has 0 radical (unpaired) electrons. The lowest BCUT2D eigenvalue weighted by Crippen LogP contribution is -2.53. The van der Waals surface area contributed by atoms with Crippen molar-refractivity contribution in [2.45, 2.75) is 37.9 Å². The van der Waals surface area contributed by atoms with E-state index in [9.17, 15) is 19.2 Å². The number of nitrogens with zero attached hydrogens (tertiary/aromatic N) is 1. The second kappa shape index (κ2) is 7.54. The van der Waals surface area contributed by atoms with Crippen molar-refractivity contribution in [3.05, 3.63) is 53.1 Å². The number of ether oxygens (including phenoxy) is 2. The van der Waals surface area contributed by atoms with Gasteiger partial charge in [-0.15, -0.1) is 0 Å². The Balaban J connectivity index is 1.42. The number of fused-ring (bicyclic) bond motifs is 5. The predicted molar refractivity (Wildman–Crippen MR) is 122 cm³/mol. The first-order chi connectivity index (χ1) is 16.8. The van der Waals surface area contributed by atoms with E-state index < -0.39 is 47.0 Å². The Bertz CT molecular complexity index is 1310. The van der Waals surface area contributed by atoms with E-state index >= 15 is 0 Å². The fraction of sp³-hybridized carbons (Fsp3) is 0.360. The summed E-state index contributed by atoms with van der Waals surface area (Å²) in [5.41, 5.74) is 6.93. The van der Waals surface area contributed by atoms with Gasteiger partial charge in [0, 0.05) is 23.7 Å². The molecule has 10 heteroatoms. The lowest BCUT2D eigenvalue weighted by Gasteiger charge is -2.29. The highest BCUT2D eigenvalue weighted by molar-refractivity contribution is 6.15. The molecule has 2 saturated heterocycles. The number of primary amides is 1. The first-order valence-corrected chi connectivity index (χ1v) is 11.6. The summed E-state index contributed by atoms with van der Waals surface area (Å²) in [6, 6.07) is 10.0. The van der Waals surface area contributed by atoms with E-state index in [1.807, 2.05) is 19.1 Å². The standard InChI is InChI=1S/C25H24N4O6/c1-2-13-4-3-5-14-21(13)27-24(33)25(14)20-19(15(28-25)9-18(26)30)22(31)29(23(20)32)10-12-6-7-16-17(8-12)35-11-34-16/h3-8,15,19-20,28H,2,9-11H2,1H3,(H2,26,30)(H,27,33). The highest BCUT2D eigenvalue weighted by Crippen LogP contribution is 2.54. The molecule has 6 rings (SSSR count). The summed E-state index contributed by atoms with van der Waals surface area (Å²) in [6.07, 6.45) is 0.511. The van der Waals surface area contributed by atoms with E-state index in [1.165, 1.54) is 4.90 Å². The largest absolute Gasteiger partial charge is 0.454 e. The van der Waals surface area contributed by atoms with Gasteiger partial charge in [0.05, 0.1) is 18.4 Å². The van der Waals surface area contributed by atoms with Crippen LogP contribution in [0.25, 0.3) is 0 Å². The number of hydrogen-bond acceptors (Lipinski definition) is 7. The molecular formula is C25H24N4O6. The van der Waals surface area contributed by atoms with Gasteiger partial charge in [-0.2, -0.15) is 0 Å². The fourth-order valence-corrected chi connectivity index (χ4v) is 6.01. The zero-order valence-corrected chi connectivity index (χ0v) is 19.0. The summed E-state index contributed by atoms with van der Waals surface area (Å²) in [7, 11) is 0. The number of nitrogens with two attached hydrogens (primary N) is 1. The SMILES string of the molecule is CCc1cccc2c1NC(=O)C21NC(CC(N)=O)C2C(=O)N(Cc3ccc4c(c3)OCO4)C(=O)C21. The Morgan fingerprint density at radius 3 is 2.71 bits per heavy atom. The summed E-state index contributed by atoms with van der Waals surface area (Å²) < 4.78 is 10.8. The molecule has 4 aliphatic heterocycles. The highest BCUT2D eigenvalue weighted by Gasteiger charge is 2.70. The number of carbonyl (C=O) groups is 4. The number of likely N-dealkylation sites (tertiary alicyclic amines) is 1. The summed E-state index contributed by atoms with van der Waals surface area (Å²) >= 11 is 0.